The van der Waals surface area contributed by atoms with Crippen molar-refractivity contribution in [3.8, 4) is 0 Å². The van der Waals surface area contributed by atoms with E-state index in [9.17, 15) is 14.4 Å². The summed E-state index contributed by atoms with van der Waals surface area (Å²) in [5, 5.41) is 4.96. The second-order valence-corrected chi connectivity index (χ2v) is 11.5. The van der Waals surface area contributed by atoms with Crippen molar-refractivity contribution in [2.75, 3.05) is 10.2 Å². The van der Waals surface area contributed by atoms with E-state index in [1.165, 1.54) is 11.3 Å². The lowest BCUT2D eigenvalue weighted by molar-refractivity contribution is -0.121. The van der Waals surface area contributed by atoms with Gasteiger partial charge in [-0.25, -0.2) is 0 Å². The standard InChI is InChI=1S/C33H26N2O3S/c1-19-14-15-25-22(17-19)20(2)18-27-33(23-11-6-7-12-24(23)34-32(33)38)28(30(36)21-9-4-3-5-10-21)29(35(25)27)31(37)26-13-8-16-39-26/h3-18,27-29H,1-2H3,(H,34,38)/t27-,28+,29+,33-/m1/s1. The maximum atomic E-state index is 14.7. The van der Waals surface area contributed by atoms with Crippen molar-refractivity contribution in [1.82, 2.24) is 0 Å². The quantitative estimate of drug-likeness (QED) is 0.314. The maximum Gasteiger partial charge on any atom is 0.238 e. The molecular weight excluding hydrogens is 504 g/mol. The summed E-state index contributed by atoms with van der Waals surface area (Å²) in [6, 6.07) is 25.1. The number of hydrogen-bond donors (Lipinski definition) is 1. The molecule has 0 bridgehead atoms. The van der Waals surface area contributed by atoms with Crippen LogP contribution in [0.5, 0.6) is 0 Å². The second-order valence-electron chi connectivity index (χ2n) is 10.6. The molecule has 1 fully saturated rings. The minimum absolute atomic E-state index is 0.141. The number of carbonyl (C=O) groups excluding carboxylic acids is 3. The number of nitrogens with zero attached hydrogens (tertiary/aromatic N) is 1. The zero-order valence-electron chi connectivity index (χ0n) is 21.5. The van der Waals surface area contributed by atoms with Crippen LogP contribution in [0.2, 0.25) is 0 Å². The zero-order chi connectivity index (χ0) is 26.9. The van der Waals surface area contributed by atoms with Gasteiger partial charge in [-0.2, -0.15) is 0 Å². The Morgan fingerprint density at radius 3 is 2.44 bits per heavy atom. The molecule has 3 aromatic carbocycles. The van der Waals surface area contributed by atoms with Crippen LogP contribution in [0.25, 0.3) is 5.57 Å². The van der Waals surface area contributed by atoms with Crippen LogP contribution in [0.3, 0.4) is 0 Å². The number of fused-ring (bicyclic) bond motifs is 6. The average Bonchev–Trinajstić information content (AvgIpc) is 3.66. The van der Waals surface area contributed by atoms with E-state index in [0.29, 0.717) is 16.1 Å². The lowest BCUT2D eigenvalue weighted by Gasteiger charge is -2.39. The largest absolute Gasteiger partial charge is 0.352 e. The van der Waals surface area contributed by atoms with Crippen LogP contribution in [0.15, 0.2) is 96.4 Å². The number of benzene rings is 3. The van der Waals surface area contributed by atoms with E-state index in [-0.39, 0.29) is 17.5 Å². The molecule has 1 amide bonds. The molecule has 6 heteroatoms. The van der Waals surface area contributed by atoms with E-state index in [0.717, 1.165) is 28.0 Å². The fraction of sp³-hybridized carbons (Fsp3) is 0.182. The summed E-state index contributed by atoms with van der Waals surface area (Å²) >= 11 is 1.37. The molecule has 4 atom stereocenters. The highest BCUT2D eigenvalue weighted by Gasteiger charge is 2.70. The first kappa shape index (κ1) is 23.8. The van der Waals surface area contributed by atoms with E-state index in [1.807, 2.05) is 79.9 Å². The predicted octanol–water partition coefficient (Wildman–Crippen LogP) is 6.30. The van der Waals surface area contributed by atoms with Gasteiger partial charge in [0, 0.05) is 22.5 Å². The number of aryl methyl sites for hydroxylation is 1. The normalized spacial score (nSPS) is 24.6. The molecule has 39 heavy (non-hydrogen) atoms. The molecule has 1 saturated heterocycles. The molecule has 7 rings (SSSR count). The maximum absolute atomic E-state index is 14.7. The van der Waals surface area contributed by atoms with Crippen molar-refractivity contribution in [3.05, 3.63) is 124 Å². The highest BCUT2D eigenvalue weighted by atomic mass is 32.1. The van der Waals surface area contributed by atoms with Crippen molar-refractivity contribution in [1.29, 1.82) is 0 Å². The van der Waals surface area contributed by atoms with Gasteiger partial charge in [-0.3, -0.25) is 14.4 Å². The highest BCUT2D eigenvalue weighted by molar-refractivity contribution is 7.12. The molecule has 0 unspecified atom stereocenters. The average molecular weight is 531 g/mol. The number of ketones is 2. The Morgan fingerprint density at radius 1 is 0.897 bits per heavy atom. The van der Waals surface area contributed by atoms with Gasteiger partial charge < -0.3 is 10.2 Å². The number of para-hydroxylation sites is 1. The Hall–Kier alpha value is -4.29. The monoisotopic (exact) mass is 530 g/mol. The van der Waals surface area contributed by atoms with E-state index in [4.69, 9.17) is 0 Å². The lowest BCUT2D eigenvalue weighted by atomic mass is 9.64. The third-order valence-corrected chi connectivity index (χ3v) is 9.39. The lowest BCUT2D eigenvalue weighted by Crippen LogP contribution is -2.51. The van der Waals surface area contributed by atoms with Crippen molar-refractivity contribution in [2.45, 2.75) is 31.3 Å². The van der Waals surface area contributed by atoms with Crippen LogP contribution < -0.4 is 10.2 Å². The number of carbonyl (C=O) groups is 3. The van der Waals surface area contributed by atoms with Crippen LogP contribution in [0.1, 0.15) is 43.6 Å². The Balaban J connectivity index is 1.57. The topological polar surface area (TPSA) is 66.5 Å². The number of rotatable bonds is 4. The summed E-state index contributed by atoms with van der Waals surface area (Å²) in [6.45, 7) is 4.09. The molecule has 0 saturated carbocycles. The number of Topliss-reactive ketones (excluding diaryl/α,β-unsaturated/α-hetero) is 2. The van der Waals surface area contributed by atoms with Crippen molar-refractivity contribution in [2.24, 2.45) is 5.92 Å². The number of allylic oxidation sites excluding steroid dienone is 1. The molecule has 5 nitrogen and oxygen atoms in total. The molecule has 4 aromatic rings. The summed E-state index contributed by atoms with van der Waals surface area (Å²) < 4.78 is 0. The van der Waals surface area contributed by atoms with Crippen LogP contribution in [-0.2, 0) is 10.2 Å². The number of thiophene rings is 1. The first-order chi connectivity index (χ1) is 18.9. The third kappa shape index (κ3) is 3.21. The van der Waals surface area contributed by atoms with Crippen LogP contribution in [0, 0.1) is 12.8 Å². The molecule has 1 N–H and O–H groups in total. The fourth-order valence-corrected chi connectivity index (χ4v) is 7.59. The second kappa shape index (κ2) is 8.61. The summed E-state index contributed by atoms with van der Waals surface area (Å²) in [4.78, 5) is 46.2. The Kier molecular flexibility index (Phi) is 5.26. The zero-order valence-corrected chi connectivity index (χ0v) is 22.4. The van der Waals surface area contributed by atoms with Crippen LogP contribution in [0.4, 0.5) is 11.4 Å². The van der Waals surface area contributed by atoms with E-state index in [1.54, 1.807) is 18.2 Å². The van der Waals surface area contributed by atoms with E-state index < -0.39 is 23.4 Å². The molecule has 1 spiro atoms. The number of nitrogens with one attached hydrogen (secondary N) is 1. The third-order valence-electron chi connectivity index (χ3n) is 8.51. The van der Waals surface area contributed by atoms with Crippen molar-refractivity contribution < 1.29 is 14.4 Å². The number of amides is 1. The van der Waals surface area contributed by atoms with Gasteiger partial charge in [-0.1, -0.05) is 72.3 Å². The smallest absolute Gasteiger partial charge is 0.238 e. The van der Waals surface area contributed by atoms with Crippen LogP contribution in [-0.4, -0.2) is 29.6 Å². The predicted molar refractivity (Wildman–Crippen MR) is 155 cm³/mol. The minimum atomic E-state index is -1.29. The molecule has 3 aliphatic heterocycles. The number of hydrogen-bond acceptors (Lipinski definition) is 5. The van der Waals surface area contributed by atoms with Gasteiger partial charge >= 0.3 is 0 Å². The van der Waals surface area contributed by atoms with Gasteiger partial charge in [0.2, 0.25) is 5.91 Å². The molecule has 0 aliphatic carbocycles. The van der Waals surface area contributed by atoms with E-state index in [2.05, 4.69) is 22.4 Å². The van der Waals surface area contributed by atoms with Gasteiger partial charge in [0.05, 0.1) is 16.8 Å². The first-order valence-electron chi connectivity index (χ1n) is 13.1. The van der Waals surface area contributed by atoms with Gasteiger partial charge in [0.1, 0.15) is 11.5 Å². The minimum Gasteiger partial charge on any atom is -0.352 e. The summed E-state index contributed by atoms with van der Waals surface area (Å²) in [5.41, 5.74) is 4.69. The molecule has 0 radical (unpaired) electrons. The first-order valence-corrected chi connectivity index (χ1v) is 14.0. The van der Waals surface area contributed by atoms with Gasteiger partial charge in [0.25, 0.3) is 0 Å². The summed E-state index contributed by atoms with van der Waals surface area (Å²) in [7, 11) is 0. The van der Waals surface area contributed by atoms with Gasteiger partial charge in [-0.05, 0) is 54.6 Å². The molecule has 1 aromatic heterocycles. The Bertz CT molecular complexity index is 1690. The van der Waals surface area contributed by atoms with Gasteiger partial charge in [-0.15, -0.1) is 11.3 Å². The van der Waals surface area contributed by atoms with Crippen molar-refractivity contribution in [3.63, 3.8) is 0 Å². The Morgan fingerprint density at radius 2 is 1.67 bits per heavy atom. The van der Waals surface area contributed by atoms with Crippen molar-refractivity contribution >= 4 is 45.8 Å². The molecule has 4 heterocycles. The van der Waals surface area contributed by atoms with Crippen LogP contribution >= 0.6 is 11.3 Å². The molecule has 192 valence electrons. The summed E-state index contributed by atoms with van der Waals surface area (Å²) in [5.74, 6) is -1.53. The fourth-order valence-electron chi connectivity index (χ4n) is 6.89. The highest BCUT2D eigenvalue weighted by Crippen LogP contribution is 2.59. The molecular formula is C33H26N2O3S. The van der Waals surface area contributed by atoms with E-state index >= 15 is 0 Å². The Labute approximate surface area is 230 Å². The van der Waals surface area contributed by atoms with Gasteiger partial charge in [0.15, 0.2) is 11.6 Å². The summed E-state index contributed by atoms with van der Waals surface area (Å²) in [6.07, 6.45) is 2.09. The molecule has 3 aliphatic rings. The number of anilines is 2. The SMILES string of the molecule is CC1=C[C@H]2N(c3ccc(C)cc31)[C@H](C(=O)c1cccs1)[C@@H](C(=O)c1ccccc1)[C@]21C(=O)Nc2ccccc21.